The molecule has 0 aromatic heterocycles. The molecule has 0 amide bonds. The van der Waals surface area contributed by atoms with Crippen molar-refractivity contribution in [3.05, 3.63) is 11.0 Å². The van der Waals surface area contributed by atoms with Crippen molar-refractivity contribution in [2.45, 2.75) is 3.79 Å². The first kappa shape index (κ1) is 10.4. The number of hydrogen-bond acceptors (Lipinski definition) is 2. The van der Waals surface area contributed by atoms with Gasteiger partial charge in [0.2, 0.25) is 3.79 Å². The van der Waals surface area contributed by atoms with Crippen molar-refractivity contribution < 1.29 is 9.90 Å². The second-order valence-electron chi connectivity index (χ2n) is 1.35. The predicted octanol–water partition coefficient (Wildman–Crippen LogP) is 2.25. The molecule has 0 fully saturated rings. The van der Waals surface area contributed by atoms with E-state index in [1.807, 2.05) is 0 Å². The van der Waals surface area contributed by atoms with Gasteiger partial charge in [-0.05, 0) is 5.41 Å². The summed E-state index contributed by atoms with van der Waals surface area (Å²) in [6.07, 6.45) is 0. The van der Waals surface area contributed by atoms with Gasteiger partial charge < -0.3 is 5.11 Å². The molecule has 2 nitrogen and oxygen atoms in total. The topological polar surface area (TPSA) is 37.3 Å². The van der Waals surface area contributed by atoms with Gasteiger partial charge in [-0.1, -0.05) is 34.8 Å². The molecule has 58 valence electrons. The van der Waals surface area contributed by atoms with Gasteiger partial charge in [-0.2, -0.15) is 12.6 Å². The molecule has 0 atom stereocenters. The van der Waals surface area contributed by atoms with Crippen LogP contribution in [0.25, 0.3) is 0 Å². The number of carboxylic acids is 1. The fraction of sp³-hybridized carbons (Fsp3) is 0.250. The van der Waals surface area contributed by atoms with Gasteiger partial charge in [0.1, 0.15) is 0 Å². The summed E-state index contributed by atoms with van der Waals surface area (Å²) in [5.41, 5.74) is -0.374. The van der Waals surface area contributed by atoms with Crippen LogP contribution in [0.3, 0.4) is 0 Å². The number of thiol groups is 1. The minimum Gasteiger partial charge on any atom is -0.478 e. The number of carbonyl (C=O) groups is 1. The average Bonchev–Trinajstić information content (AvgIpc) is 1.60. The Bertz CT molecular complexity index is 172. The van der Waals surface area contributed by atoms with Crippen molar-refractivity contribution in [1.29, 1.82) is 0 Å². The summed E-state index contributed by atoms with van der Waals surface area (Å²) in [7, 11) is 0. The van der Waals surface area contributed by atoms with E-state index in [0.717, 1.165) is 5.41 Å². The largest absolute Gasteiger partial charge is 0.478 e. The highest BCUT2D eigenvalue weighted by molar-refractivity contribution is 7.83. The normalized spacial score (nSPS) is 13.4. The number of halogens is 3. The van der Waals surface area contributed by atoms with Crippen molar-refractivity contribution in [1.82, 2.24) is 0 Å². The first-order valence-electron chi connectivity index (χ1n) is 2.04. The molecule has 0 heterocycles. The van der Waals surface area contributed by atoms with Crippen LogP contribution in [0.4, 0.5) is 0 Å². The van der Waals surface area contributed by atoms with Crippen molar-refractivity contribution in [3.63, 3.8) is 0 Å². The van der Waals surface area contributed by atoms with Crippen LogP contribution in [-0.4, -0.2) is 14.9 Å². The van der Waals surface area contributed by atoms with Crippen LogP contribution in [0.1, 0.15) is 0 Å². The van der Waals surface area contributed by atoms with E-state index in [2.05, 4.69) is 12.6 Å². The van der Waals surface area contributed by atoms with Crippen molar-refractivity contribution in [2.24, 2.45) is 0 Å². The third-order valence-corrected chi connectivity index (χ3v) is 1.53. The molecule has 0 unspecified atom stereocenters. The molecule has 0 bridgehead atoms. The van der Waals surface area contributed by atoms with Gasteiger partial charge in [0.25, 0.3) is 0 Å². The van der Waals surface area contributed by atoms with Crippen molar-refractivity contribution in [3.8, 4) is 0 Å². The van der Waals surface area contributed by atoms with Crippen LogP contribution in [0.15, 0.2) is 11.0 Å². The lowest BCUT2D eigenvalue weighted by Crippen LogP contribution is -2.15. The van der Waals surface area contributed by atoms with E-state index in [9.17, 15) is 4.79 Å². The second-order valence-corrected chi connectivity index (χ2v) is 3.89. The number of alkyl halides is 3. The van der Waals surface area contributed by atoms with E-state index in [4.69, 9.17) is 39.9 Å². The zero-order valence-electron chi connectivity index (χ0n) is 4.51. The van der Waals surface area contributed by atoms with Crippen LogP contribution < -0.4 is 0 Å². The lowest BCUT2D eigenvalue weighted by atomic mass is 10.3. The highest BCUT2D eigenvalue weighted by Gasteiger charge is 2.30. The maximum atomic E-state index is 10.2. The molecule has 0 aromatic rings. The number of rotatable bonds is 1. The van der Waals surface area contributed by atoms with E-state index < -0.39 is 9.76 Å². The lowest BCUT2D eigenvalue weighted by molar-refractivity contribution is -0.132. The van der Waals surface area contributed by atoms with Gasteiger partial charge in [0.15, 0.2) is 0 Å². The van der Waals surface area contributed by atoms with Crippen LogP contribution in [0.2, 0.25) is 0 Å². The number of aliphatic carboxylic acids is 1. The fourth-order valence-corrected chi connectivity index (χ4v) is 1.19. The molecule has 0 radical (unpaired) electrons. The standard InChI is InChI=1S/C4H3Cl3O2S/c5-4(6,7)2(1-10)3(8)9/h1,10H,(H,8,9). The van der Waals surface area contributed by atoms with E-state index in [1.165, 1.54) is 0 Å². The Morgan fingerprint density at radius 1 is 1.50 bits per heavy atom. The smallest absolute Gasteiger partial charge is 0.336 e. The molecule has 0 spiro atoms. The highest BCUT2D eigenvalue weighted by atomic mass is 35.6. The Morgan fingerprint density at radius 3 is 1.90 bits per heavy atom. The first-order valence-corrected chi connectivity index (χ1v) is 3.69. The third-order valence-electron chi connectivity index (χ3n) is 0.665. The van der Waals surface area contributed by atoms with Gasteiger partial charge >= 0.3 is 5.97 Å². The summed E-state index contributed by atoms with van der Waals surface area (Å²) in [6, 6.07) is 0. The molecule has 0 aliphatic carbocycles. The lowest BCUT2D eigenvalue weighted by Gasteiger charge is -2.09. The minimum absolute atomic E-state index is 0.374. The number of carboxylic acid groups (broad SMARTS) is 1. The van der Waals surface area contributed by atoms with E-state index in [-0.39, 0.29) is 5.57 Å². The van der Waals surface area contributed by atoms with Gasteiger partial charge in [-0.3, -0.25) is 0 Å². The van der Waals surface area contributed by atoms with Gasteiger partial charge in [-0.15, -0.1) is 0 Å². The maximum absolute atomic E-state index is 10.2. The maximum Gasteiger partial charge on any atom is 0.336 e. The monoisotopic (exact) mass is 220 g/mol. The molecule has 0 saturated carbocycles. The number of hydrogen-bond donors (Lipinski definition) is 2. The molecule has 0 aliphatic heterocycles. The summed E-state index contributed by atoms with van der Waals surface area (Å²) in [4.78, 5) is 10.2. The van der Waals surface area contributed by atoms with Crippen LogP contribution in [-0.2, 0) is 4.79 Å². The van der Waals surface area contributed by atoms with Crippen LogP contribution >= 0.6 is 47.4 Å². The van der Waals surface area contributed by atoms with Crippen LogP contribution in [0.5, 0.6) is 0 Å². The minimum atomic E-state index is -1.91. The molecule has 0 rings (SSSR count). The molecule has 0 aromatic carbocycles. The van der Waals surface area contributed by atoms with Crippen molar-refractivity contribution in [2.75, 3.05) is 0 Å². The zero-order valence-corrected chi connectivity index (χ0v) is 7.68. The quantitative estimate of drug-likeness (QED) is 0.405. The summed E-state index contributed by atoms with van der Waals surface area (Å²) < 4.78 is -1.91. The first-order chi connectivity index (χ1) is 4.39. The molecule has 0 aliphatic rings. The van der Waals surface area contributed by atoms with Gasteiger partial charge in [0.05, 0.1) is 5.57 Å². The molecular formula is C4H3Cl3O2S. The third kappa shape index (κ3) is 3.01. The summed E-state index contributed by atoms with van der Waals surface area (Å²) >= 11 is 19.2. The SMILES string of the molecule is O=C(O)C(=CS)C(Cl)(Cl)Cl. The van der Waals surface area contributed by atoms with Gasteiger partial charge in [-0.25, -0.2) is 4.79 Å². The van der Waals surface area contributed by atoms with E-state index in [1.54, 1.807) is 0 Å². The predicted molar refractivity (Wildman–Crippen MR) is 45.0 cm³/mol. The van der Waals surface area contributed by atoms with Crippen LogP contribution in [0, 0.1) is 0 Å². The Balaban J connectivity index is 4.56. The Morgan fingerprint density at radius 2 is 1.90 bits per heavy atom. The van der Waals surface area contributed by atoms with Gasteiger partial charge in [0, 0.05) is 0 Å². The molecule has 6 heteroatoms. The zero-order chi connectivity index (χ0) is 8.36. The molecular weight excluding hydrogens is 218 g/mol. The van der Waals surface area contributed by atoms with E-state index in [0.29, 0.717) is 0 Å². The average molecular weight is 221 g/mol. The fourth-order valence-electron chi connectivity index (χ4n) is 0.250. The summed E-state index contributed by atoms with van der Waals surface area (Å²) in [6.45, 7) is 0. The highest BCUT2D eigenvalue weighted by Crippen LogP contribution is 2.34. The Hall–Kier alpha value is 0.430. The Labute approximate surface area is 78.2 Å². The second kappa shape index (κ2) is 3.72. The Kier molecular flexibility index (Phi) is 3.88. The molecule has 10 heavy (non-hydrogen) atoms. The summed E-state index contributed by atoms with van der Waals surface area (Å²) in [5, 5.41) is 9.28. The summed E-state index contributed by atoms with van der Waals surface area (Å²) in [5.74, 6) is -1.30. The van der Waals surface area contributed by atoms with Crippen molar-refractivity contribution >= 4 is 53.4 Å². The molecule has 0 saturated heterocycles. The molecule has 1 N–H and O–H groups in total. The van der Waals surface area contributed by atoms with E-state index >= 15 is 0 Å².